The zero-order valence-corrected chi connectivity index (χ0v) is 14.7. The number of nitrogens with one attached hydrogen (secondary N) is 1. The van der Waals surface area contributed by atoms with E-state index in [1.165, 1.54) is 24.3 Å². The van der Waals surface area contributed by atoms with Crippen LogP contribution >= 0.6 is 0 Å². The van der Waals surface area contributed by atoms with Crippen molar-refractivity contribution in [2.75, 3.05) is 13.2 Å². The molecular weight excluding hydrogens is 347 g/mol. The van der Waals surface area contributed by atoms with Crippen molar-refractivity contribution < 1.29 is 22.3 Å². The van der Waals surface area contributed by atoms with Crippen LogP contribution in [0.4, 0.5) is 4.39 Å². The summed E-state index contributed by atoms with van der Waals surface area (Å²) in [6.45, 7) is 3.72. The average molecular weight is 366 g/mol. The summed E-state index contributed by atoms with van der Waals surface area (Å²) in [7, 11) is -3.79. The van der Waals surface area contributed by atoms with Crippen LogP contribution in [0.15, 0.2) is 41.3 Å². The van der Waals surface area contributed by atoms with E-state index in [0.29, 0.717) is 16.9 Å². The molecule has 0 aliphatic rings. The molecular formula is C17H19FN2O4S. The van der Waals surface area contributed by atoms with Crippen LogP contribution in [0.3, 0.4) is 0 Å². The van der Waals surface area contributed by atoms with Gasteiger partial charge in [0.1, 0.15) is 18.2 Å². The van der Waals surface area contributed by atoms with Crippen molar-refractivity contribution >= 4 is 15.9 Å². The number of benzene rings is 2. The second-order valence-electron chi connectivity index (χ2n) is 5.54. The number of halogens is 1. The highest BCUT2D eigenvalue weighted by Gasteiger charge is 2.14. The van der Waals surface area contributed by atoms with Crippen LogP contribution in [-0.2, 0) is 10.0 Å². The lowest BCUT2D eigenvalue weighted by Gasteiger charge is -2.13. The highest BCUT2D eigenvalue weighted by Crippen LogP contribution is 2.25. The number of sulfonamides is 1. The second kappa shape index (κ2) is 7.62. The molecule has 0 atom stereocenters. The fourth-order valence-corrected chi connectivity index (χ4v) is 3.13. The van der Waals surface area contributed by atoms with Gasteiger partial charge < -0.3 is 10.1 Å². The van der Waals surface area contributed by atoms with Crippen LogP contribution in [0.1, 0.15) is 21.5 Å². The van der Waals surface area contributed by atoms with Gasteiger partial charge in [-0.15, -0.1) is 0 Å². The van der Waals surface area contributed by atoms with Crippen LogP contribution in [0.2, 0.25) is 0 Å². The summed E-state index contributed by atoms with van der Waals surface area (Å²) in [5.41, 5.74) is 1.32. The van der Waals surface area contributed by atoms with Gasteiger partial charge in [-0.2, -0.15) is 0 Å². The van der Waals surface area contributed by atoms with Gasteiger partial charge in [-0.25, -0.2) is 17.9 Å². The first-order valence-corrected chi connectivity index (χ1v) is 9.04. The van der Waals surface area contributed by atoms with Crippen LogP contribution < -0.4 is 15.2 Å². The van der Waals surface area contributed by atoms with Gasteiger partial charge in [-0.1, -0.05) is 6.07 Å². The molecule has 0 radical (unpaired) electrons. The molecule has 0 aliphatic heterocycles. The molecule has 25 heavy (non-hydrogen) atoms. The second-order valence-corrected chi connectivity index (χ2v) is 7.07. The maximum atomic E-state index is 13.1. The van der Waals surface area contributed by atoms with Gasteiger partial charge in [-0.05, 0) is 55.3 Å². The Morgan fingerprint density at radius 1 is 1.20 bits per heavy atom. The van der Waals surface area contributed by atoms with Gasteiger partial charge in [0.15, 0.2) is 0 Å². The van der Waals surface area contributed by atoms with Crippen molar-refractivity contribution in [3.63, 3.8) is 0 Å². The lowest BCUT2D eigenvalue weighted by Crippen LogP contribution is -2.28. The van der Waals surface area contributed by atoms with Crippen molar-refractivity contribution in [2.24, 2.45) is 5.14 Å². The van der Waals surface area contributed by atoms with Gasteiger partial charge >= 0.3 is 0 Å². The highest BCUT2D eigenvalue weighted by molar-refractivity contribution is 7.89. The minimum absolute atomic E-state index is 0.0526. The third-order valence-electron chi connectivity index (χ3n) is 3.51. The van der Waals surface area contributed by atoms with Crippen molar-refractivity contribution in [1.29, 1.82) is 0 Å². The Morgan fingerprint density at radius 3 is 2.56 bits per heavy atom. The lowest BCUT2D eigenvalue weighted by atomic mass is 10.1. The molecule has 0 unspecified atom stereocenters. The average Bonchev–Trinajstić information content (AvgIpc) is 2.53. The van der Waals surface area contributed by atoms with E-state index < -0.39 is 21.7 Å². The zero-order chi connectivity index (χ0) is 18.6. The van der Waals surface area contributed by atoms with Crippen LogP contribution in [0.25, 0.3) is 0 Å². The Bertz CT molecular complexity index is 898. The van der Waals surface area contributed by atoms with Crippen molar-refractivity contribution in [3.8, 4) is 5.75 Å². The first kappa shape index (κ1) is 18.9. The first-order valence-electron chi connectivity index (χ1n) is 7.49. The third kappa shape index (κ3) is 5.01. The fourth-order valence-electron chi connectivity index (χ4n) is 2.28. The summed E-state index contributed by atoms with van der Waals surface area (Å²) in [4.78, 5) is 11.9. The van der Waals surface area contributed by atoms with Gasteiger partial charge in [0, 0.05) is 5.56 Å². The molecule has 2 aromatic rings. The van der Waals surface area contributed by atoms with E-state index in [1.807, 2.05) is 0 Å². The Morgan fingerprint density at radius 2 is 1.92 bits per heavy atom. The maximum absolute atomic E-state index is 13.1. The first-order chi connectivity index (χ1) is 11.7. The molecule has 0 saturated carbocycles. The molecule has 0 bridgehead atoms. The minimum atomic E-state index is -3.79. The molecule has 0 aliphatic carbocycles. The predicted octanol–water partition coefficient (Wildman–Crippen LogP) is 1.90. The number of aryl methyl sites for hydroxylation is 2. The van der Waals surface area contributed by atoms with Crippen LogP contribution in [0.5, 0.6) is 5.75 Å². The summed E-state index contributed by atoms with van der Waals surface area (Å²) in [5.74, 6) is -0.379. The van der Waals surface area contributed by atoms with E-state index in [-0.39, 0.29) is 23.6 Å². The maximum Gasteiger partial charge on any atom is 0.251 e. The van der Waals surface area contributed by atoms with E-state index in [2.05, 4.69) is 5.32 Å². The molecule has 0 saturated heterocycles. The quantitative estimate of drug-likeness (QED) is 0.763. The lowest BCUT2D eigenvalue weighted by molar-refractivity contribution is 0.0946. The molecule has 0 spiro atoms. The van der Waals surface area contributed by atoms with Gasteiger partial charge in [0.2, 0.25) is 10.0 Å². The van der Waals surface area contributed by atoms with Crippen molar-refractivity contribution in [3.05, 3.63) is 58.9 Å². The predicted molar refractivity (Wildman–Crippen MR) is 91.5 cm³/mol. The van der Waals surface area contributed by atoms with E-state index in [9.17, 15) is 17.6 Å². The molecule has 8 heteroatoms. The van der Waals surface area contributed by atoms with Gasteiger partial charge in [0.05, 0.1) is 11.4 Å². The smallest absolute Gasteiger partial charge is 0.251 e. The normalized spacial score (nSPS) is 11.2. The molecule has 2 aromatic carbocycles. The Kier molecular flexibility index (Phi) is 5.76. The van der Waals surface area contributed by atoms with E-state index >= 15 is 0 Å². The third-order valence-corrected chi connectivity index (χ3v) is 4.56. The number of carbonyl (C=O) groups excluding carboxylic acids is 1. The van der Waals surface area contributed by atoms with Crippen molar-refractivity contribution in [2.45, 2.75) is 18.7 Å². The number of hydrogen-bond acceptors (Lipinski definition) is 4. The number of rotatable bonds is 6. The highest BCUT2D eigenvalue weighted by atomic mass is 32.2. The molecule has 2 rings (SSSR count). The largest absolute Gasteiger partial charge is 0.491 e. The molecule has 0 aromatic heterocycles. The molecule has 1 amide bonds. The molecule has 3 N–H and O–H groups in total. The van der Waals surface area contributed by atoms with Gasteiger partial charge in [-0.3, -0.25) is 4.79 Å². The number of ether oxygens (including phenoxy) is 1. The number of hydrogen-bond donors (Lipinski definition) is 2. The fraction of sp³-hybridized carbons (Fsp3) is 0.235. The zero-order valence-electron chi connectivity index (χ0n) is 13.9. The summed E-state index contributed by atoms with van der Waals surface area (Å²) >= 11 is 0. The minimum Gasteiger partial charge on any atom is -0.491 e. The van der Waals surface area contributed by atoms with Crippen LogP contribution in [-0.4, -0.2) is 27.5 Å². The summed E-state index contributed by atoms with van der Waals surface area (Å²) in [6.07, 6.45) is 0. The number of nitrogens with two attached hydrogens (primary N) is 1. The molecule has 6 nitrogen and oxygen atoms in total. The Labute approximate surface area is 145 Å². The summed E-state index contributed by atoms with van der Waals surface area (Å²) in [5, 5.41) is 7.77. The monoisotopic (exact) mass is 366 g/mol. The van der Waals surface area contributed by atoms with Gasteiger partial charge in [0.25, 0.3) is 5.91 Å². The van der Waals surface area contributed by atoms with Crippen LogP contribution in [0, 0.1) is 19.7 Å². The SMILES string of the molecule is Cc1cc(S(N)(=O)=O)c(C)cc1OCCNC(=O)c1cccc(F)c1. The summed E-state index contributed by atoms with van der Waals surface area (Å²) < 4.78 is 41.6. The molecule has 0 fully saturated rings. The van der Waals surface area contributed by atoms with E-state index in [0.717, 1.165) is 6.07 Å². The van der Waals surface area contributed by atoms with E-state index in [1.54, 1.807) is 19.9 Å². The standard InChI is InChI=1S/C17H19FN2O4S/c1-11-9-16(25(19,22)23)12(2)8-15(11)24-7-6-20-17(21)13-4-3-5-14(18)10-13/h3-5,8-10H,6-7H2,1-2H3,(H,20,21)(H2,19,22,23). The Balaban J connectivity index is 1.94. The van der Waals surface area contributed by atoms with Crippen molar-refractivity contribution in [1.82, 2.24) is 5.32 Å². The number of carbonyl (C=O) groups is 1. The topological polar surface area (TPSA) is 98.5 Å². The van der Waals surface area contributed by atoms with E-state index in [4.69, 9.17) is 9.88 Å². The number of primary sulfonamides is 1. The summed E-state index contributed by atoms with van der Waals surface area (Å²) in [6, 6.07) is 8.42. The number of amides is 1. The Hall–Kier alpha value is -2.45. The molecule has 134 valence electrons. The molecule has 0 heterocycles.